The van der Waals surface area contributed by atoms with Crippen LogP contribution in [0.2, 0.25) is 0 Å². The van der Waals surface area contributed by atoms with E-state index in [1.165, 1.54) is 0 Å². The number of aryl methyl sites for hydroxylation is 1. The first-order valence-corrected chi connectivity index (χ1v) is 11.7. The van der Waals surface area contributed by atoms with Gasteiger partial charge in [-0.1, -0.05) is 44.2 Å². The van der Waals surface area contributed by atoms with Crippen molar-refractivity contribution in [3.05, 3.63) is 78.4 Å². The third kappa shape index (κ3) is 4.71. The molecule has 1 N–H and O–H groups in total. The molecule has 2 aromatic heterocycles. The fourth-order valence-electron chi connectivity index (χ4n) is 4.06. The molecule has 3 aromatic carbocycles. The smallest absolute Gasteiger partial charge is 0.338 e. The summed E-state index contributed by atoms with van der Waals surface area (Å²) in [5.74, 6) is -0.215. The molecule has 1 amide bonds. The highest BCUT2D eigenvalue weighted by atomic mass is 16.5. The maximum absolute atomic E-state index is 12.7. The number of carbonyl (C=O) groups excluding carboxylic acids is 2. The molecule has 5 rings (SSSR count). The summed E-state index contributed by atoms with van der Waals surface area (Å²) in [5, 5.41) is 3.92. The van der Waals surface area contributed by atoms with E-state index in [1.807, 2.05) is 62.4 Å². The molecule has 0 bridgehead atoms. The normalized spacial score (nSPS) is 11.4. The van der Waals surface area contributed by atoms with Crippen molar-refractivity contribution in [3.8, 4) is 0 Å². The molecule has 0 aliphatic carbocycles. The van der Waals surface area contributed by atoms with Crippen LogP contribution in [-0.4, -0.2) is 33.0 Å². The van der Waals surface area contributed by atoms with E-state index in [0.29, 0.717) is 24.4 Å². The Kier molecular flexibility index (Phi) is 6.14. The van der Waals surface area contributed by atoms with Crippen molar-refractivity contribution < 1.29 is 14.3 Å². The molecule has 7 nitrogen and oxygen atoms in total. The minimum Gasteiger partial charge on any atom is -0.462 e. The number of benzene rings is 3. The summed E-state index contributed by atoms with van der Waals surface area (Å²) in [6.07, 6.45) is 0.264. The van der Waals surface area contributed by atoms with Gasteiger partial charge in [0.05, 0.1) is 28.7 Å². The standard InChI is InChI=1S/C28H26N4O3/c1-18(2)17-35-28(34)19-11-13-20(14-12-19)29-25(33)15-16-32-24-10-6-3-7-21(24)26-27(32)31-23-9-5-4-8-22(23)30-26/h3-14,18H,15-17H2,1-2H3,(H,29,33). The lowest BCUT2D eigenvalue weighted by Crippen LogP contribution is -2.15. The van der Waals surface area contributed by atoms with Gasteiger partial charge in [0, 0.05) is 24.0 Å². The van der Waals surface area contributed by atoms with Crippen LogP contribution in [0.1, 0.15) is 30.6 Å². The number of anilines is 1. The zero-order valence-electron chi connectivity index (χ0n) is 19.7. The van der Waals surface area contributed by atoms with E-state index < -0.39 is 0 Å². The number of esters is 1. The first-order chi connectivity index (χ1) is 17.0. The third-order valence-corrected chi connectivity index (χ3v) is 5.77. The quantitative estimate of drug-likeness (QED) is 0.317. The maximum atomic E-state index is 12.7. The van der Waals surface area contributed by atoms with E-state index in [-0.39, 0.29) is 24.2 Å². The van der Waals surface area contributed by atoms with Crippen molar-refractivity contribution in [3.63, 3.8) is 0 Å². The number of aromatic nitrogens is 3. The Bertz CT molecular complexity index is 1540. The molecule has 0 unspecified atom stereocenters. The number of nitrogens with zero attached hydrogens (tertiary/aromatic N) is 3. The van der Waals surface area contributed by atoms with Crippen molar-refractivity contribution >= 4 is 50.7 Å². The highest BCUT2D eigenvalue weighted by Crippen LogP contribution is 2.28. The van der Waals surface area contributed by atoms with Crippen LogP contribution in [-0.2, 0) is 16.1 Å². The van der Waals surface area contributed by atoms with Gasteiger partial charge in [0.1, 0.15) is 5.52 Å². The molecule has 0 aliphatic heterocycles. The van der Waals surface area contributed by atoms with Gasteiger partial charge in [0.2, 0.25) is 5.91 Å². The summed E-state index contributed by atoms with van der Waals surface area (Å²) in [6.45, 7) is 4.81. The summed E-state index contributed by atoms with van der Waals surface area (Å²) >= 11 is 0. The molecule has 0 saturated carbocycles. The fourth-order valence-corrected chi connectivity index (χ4v) is 4.06. The van der Waals surface area contributed by atoms with Crippen LogP contribution in [0.3, 0.4) is 0 Å². The van der Waals surface area contributed by atoms with Gasteiger partial charge in [-0.2, -0.15) is 0 Å². The highest BCUT2D eigenvalue weighted by Gasteiger charge is 2.15. The van der Waals surface area contributed by atoms with Gasteiger partial charge in [-0.25, -0.2) is 14.8 Å². The van der Waals surface area contributed by atoms with E-state index in [0.717, 1.165) is 33.1 Å². The SMILES string of the molecule is CC(C)COC(=O)c1ccc(NC(=O)CCn2c3ccccc3c3nc4ccccc4nc32)cc1. The van der Waals surface area contributed by atoms with Gasteiger partial charge in [-0.15, -0.1) is 0 Å². The van der Waals surface area contributed by atoms with Crippen LogP contribution < -0.4 is 5.32 Å². The summed E-state index contributed by atoms with van der Waals surface area (Å²) in [4.78, 5) is 34.5. The summed E-state index contributed by atoms with van der Waals surface area (Å²) < 4.78 is 7.30. The third-order valence-electron chi connectivity index (χ3n) is 5.77. The second-order valence-corrected chi connectivity index (χ2v) is 8.92. The molecule has 0 radical (unpaired) electrons. The van der Waals surface area contributed by atoms with Crippen LogP contribution in [0, 0.1) is 5.92 Å². The fraction of sp³-hybridized carbons (Fsp3) is 0.214. The Morgan fingerprint density at radius 1 is 0.914 bits per heavy atom. The average molecular weight is 467 g/mol. The van der Waals surface area contributed by atoms with Crippen molar-refractivity contribution in [2.24, 2.45) is 5.92 Å². The Balaban J connectivity index is 1.32. The van der Waals surface area contributed by atoms with Crippen LogP contribution in [0.4, 0.5) is 5.69 Å². The first kappa shape index (κ1) is 22.5. The maximum Gasteiger partial charge on any atom is 0.338 e. The van der Waals surface area contributed by atoms with Crippen LogP contribution >= 0.6 is 0 Å². The number of rotatable bonds is 7. The number of hydrogen-bond donors (Lipinski definition) is 1. The van der Waals surface area contributed by atoms with E-state index >= 15 is 0 Å². The van der Waals surface area contributed by atoms with Crippen molar-refractivity contribution in [2.75, 3.05) is 11.9 Å². The highest BCUT2D eigenvalue weighted by molar-refractivity contribution is 6.06. The Hall–Kier alpha value is -4.26. The van der Waals surface area contributed by atoms with Gasteiger partial charge in [0.25, 0.3) is 0 Å². The number of carbonyl (C=O) groups is 2. The van der Waals surface area contributed by atoms with Gasteiger partial charge >= 0.3 is 5.97 Å². The number of nitrogens with one attached hydrogen (secondary N) is 1. The topological polar surface area (TPSA) is 86.1 Å². The van der Waals surface area contributed by atoms with Gasteiger partial charge in [-0.3, -0.25) is 4.79 Å². The van der Waals surface area contributed by atoms with Crippen LogP contribution in [0.5, 0.6) is 0 Å². The van der Waals surface area contributed by atoms with Crippen LogP contribution in [0.15, 0.2) is 72.8 Å². The summed E-state index contributed by atoms with van der Waals surface area (Å²) in [7, 11) is 0. The molecule has 2 heterocycles. The number of fused-ring (bicyclic) bond motifs is 4. The summed E-state index contributed by atoms with van der Waals surface area (Å²) in [6, 6.07) is 22.6. The molecule has 0 spiro atoms. The number of hydrogen-bond acceptors (Lipinski definition) is 5. The molecular weight excluding hydrogens is 440 g/mol. The van der Waals surface area contributed by atoms with Gasteiger partial charge < -0.3 is 14.6 Å². The van der Waals surface area contributed by atoms with Crippen LogP contribution in [0.25, 0.3) is 33.1 Å². The largest absolute Gasteiger partial charge is 0.462 e. The molecule has 0 atom stereocenters. The second kappa shape index (κ2) is 9.54. The van der Waals surface area contributed by atoms with E-state index in [2.05, 4.69) is 9.88 Å². The predicted octanol–water partition coefficient (Wildman–Crippen LogP) is 5.58. The van der Waals surface area contributed by atoms with Gasteiger partial charge in [-0.05, 0) is 48.4 Å². The lowest BCUT2D eigenvalue weighted by Gasteiger charge is -2.10. The molecule has 5 aromatic rings. The minimum absolute atomic E-state index is 0.125. The lowest BCUT2D eigenvalue weighted by atomic mass is 10.2. The Labute approximate surface area is 202 Å². The van der Waals surface area contributed by atoms with Crippen molar-refractivity contribution in [1.29, 1.82) is 0 Å². The minimum atomic E-state index is -0.364. The van der Waals surface area contributed by atoms with Gasteiger partial charge in [0.15, 0.2) is 5.65 Å². The first-order valence-electron chi connectivity index (χ1n) is 11.7. The molecule has 176 valence electrons. The predicted molar refractivity (Wildman–Crippen MR) is 137 cm³/mol. The number of ether oxygens (including phenoxy) is 1. The molecule has 0 fully saturated rings. The molecule has 0 saturated heterocycles. The lowest BCUT2D eigenvalue weighted by molar-refractivity contribution is -0.116. The monoisotopic (exact) mass is 466 g/mol. The van der Waals surface area contributed by atoms with Crippen molar-refractivity contribution in [1.82, 2.24) is 14.5 Å². The zero-order chi connectivity index (χ0) is 24.4. The Morgan fingerprint density at radius 3 is 2.34 bits per heavy atom. The van der Waals surface area contributed by atoms with E-state index in [4.69, 9.17) is 14.7 Å². The van der Waals surface area contributed by atoms with E-state index in [9.17, 15) is 9.59 Å². The molecular formula is C28H26N4O3. The summed E-state index contributed by atoms with van der Waals surface area (Å²) in [5.41, 5.74) is 5.34. The second-order valence-electron chi connectivity index (χ2n) is 8.92. The average Bonchev–Trinajstić information content (AvgIpc) is 3.17. The van der Waals surface area contributed by atoms with Crippen molar-refractivity contribution in [2.45, 2.75) is 26.8 Å². The molecule has 0 aliphatic rings. The zero-order valence-corrected chi connectivity index (χ0v) is 19.7. The van der Waals surface area contributed by atoms with E-state index in [1.54, 1.807) is 24.3 Å². The number of amides is 1. The molecule has 7 heteroatoms. The number of para-hydroxylation sites is 3. The molecule has 35 heavy (non-hydrogen) atoms. The Morgan fingerprint density at radius 2 is 1.60 bits per heavy atom.